The van der Waals surface area contributed by atoms with Gasteiger partial charge in [-0.15, -0.1) is 0 Å². The molecule has 30 heavy (non-hydrogen) atoms. The normalized spacial score (nSPS) is 11.2. The number of benzene rings is 1. The van der Waals surface area contributed by atoms with Gasteiger partial charge in [-0.25, -0.2) is 0 Å². The third kappa shape index (κ3) is 4.53. The molecule has 0 spiro atoms. The number of hydrogen-bond acceptors (Lipinski definition) is 6. The van der Waals surface area contributed by atoms with Gasteiger partial charge in [-0.1, -0.05) is 0 Å². The van der Waals surface area contributed by atoms with Gasteiger partial charge in [0.15, 0.2) is 0 Å². The second-order valence-electron chi connectivity index (χ2n) is 8.08. The largest absolute Gasteiger partial charge is 0.299 e. The van der Waals surface area contributed by atoms with Crippen molar-refractivity contribution in [2.24, 2.45) is 0 Å². The Bertz CT molecular complexity index is 780. The first-order chi connectivity index (χ1) is 13.7. The van der Waals surface area contributed by atoms with E-state index >= 15 is 0 Å². The molecule has 0 aliphatic carbocycles. The third-order valence-corrected chi connectivity index (χ3v) is 5.73. The van der Waals surface area contributed by atoms with E-state index in [1.54, 1.807) is 20.8 Å². The fourth-order valence-electron chi connectivity index (χ4n) is 4.66. The third-order valence-electron chi connectivity index (χ3n) is 5.73. The van der Waals surface area contributed by atoms with Crippen LogP contribution in [0.2, 0.25) is 0 Å². The van der Waals surface area contributed by atoms with Crippen LogP contribution in [0, 0.1) is 20.8 Å². The molecule has 0 aliphatic rings. The van der Waals surface area contributed by atoms with Gasteiger partial charge in [-0.05, 0) is 95.7 Å². The average Bonchev–Trinajstić information content (AvgIpc) is 2.56. The Morgan fingerprint density at radius 3 is 0.633 bits per heavy atom. The fraction of sp³-hybridized carbons (Fsp3) is 0.500. The topological polar surface area (TPSA) is 102 Å². The zero-order valence-electron chi connectivity index (χ0n) is 19.2. The molecule has 0 saturated carbocycles. The molecule has 162 valence electrons. The Kier molecular flexibility index (Phi) is 7.89. The minimum absolute atomic E-state index is 0.366. The highest BCUT2D eigenvalue weighted by molar-refractivity contribution is 6.10. The van der Waals surface area contributed by atoms with Gasteiger partial charge in [0.05, 0.1) is 0 Å². The molecule has 0 fully saturated rings. The van der Waals surface area contributed by atoms with Crippen LogP contribution in [-0.2, 0) is 28.8 Å². The van der Waals surface area contributed by atoms with Crippen LogP contribution in [-0.4, -0.2) is 34.7 Å². The molecular weight excluding hydrogens is 384 g/mol. The maximum Gasteiger partial charge on any atom is 0.144 e. The highest BCUT2D eigenvalue weighted by atomic mass is 16.2. The maximum absolute atomic E-state index is 12.4. The van der Waals surface area contributed by atoms with Crippen molar-refractivity contribution < 1.29 is 28.8 Å². The van der Waals surface area contributed by atoms with Gasteiger partial charge < -0.3 is 0 Å². The molecular formula is C24H30O6. The molecule has 0 saturated heterocycles. The lowest BCUT2D eigenvalue weighted by Crippen LogP contribution is -2.28. The molecule has 1 aromatic carbocycles. The number of ketones is 6. The van der Waals surface area contributed by atoms with Crippen molar-refractivity contribution in [2.45, 2.75) is 80.1 Å². The second-order valence-corrected chi connectivity index (χ2v) is 8.08. The summed E-state index contributed by atoms with van der Waals surface area (Å²) in [4.78, 5) is 74.3. The van der Waals surface area contributed by atoms with Crippen LogP contribution in [0.4, 0.5) is 0 Å². The summed E-state index contributed by atoms with van der Waals surface area (Å²) in [6.07, 6.45) is 0. The van der Waals surface area contributed by atoms with Crippen LogP contribution in [0.1, 0.15) is 92.7 Å². The van der Waals surface area contributed by atoms with E-state index in [2.05, 4.69) is 0 Å². The predicted octanol–water partition coefficient (Wildman–Crippen LogP) is 3.40. The minimum Gasteiger partial charge on any atom is -0.299 e. The van der Waals surface area contributed by atoms with Crippen molar-refractivity contribution in [3.8, 4) is 0 Å². The molecule has 0 atom stereocenters. The highest BCUT2D eigenvalue weighted by Crippen LogP contribution is 2.40. The zero-order valence-corrected chi connectivity index (χ0v) is 19.2. The molecule has 1 rings (SSSR count). The summed E-state index contributed by atoms with van der Waals surface area (Å²) in [7, 11) is 0. The molecule has 0 unspecified atom stereocenters. The van der Waals surface area contributed by atoms with Crippen LogP contribution in [0.5, 0.6) is 0 Å². The first-order valence-electron chi connectivity index (χ1n) is 9.82. The van der Waals surface area contributed by atoms with E-state index < -0.39 is 17.8 Å². The summed E-state index contributed by atoms with van der Waals surface area (Å²) < 4.78 is 0. The van der Waals surface area contributed by atoms with Gasteiger partial charge in [0.25, 0.3) is 0 Å². The van der Waals surface area contributed by atoms with Gasteiger partial charge in [0.2, 0.25) is 0 Å². The maximum atomic E-state index is 12.4. The van der Waals surface area contributed by atoms with E-state index in [9.17, 15) is 28.8 Å². The van der Waals surface area contributed by atoms with Crippen LogP contribution in [0.25, 0.3) is 0 Å². The van der Waals surface area contributed by atoms with E-state index in [0.29, 0.717) is 33.4 Å². The molecule has 1 aromatic rings. The number of rotatable bonds is 9. The van der Waals surface area contributed by atoms with Crippen molar-refractivity contribution in [1.82, 2.24) is 0 Å². The minimum atomic E-state index is -1.11. The Balaban J connectivity index is 4.34. The average molecular weight is 414 g/mol. The van der Waals surface area contributed by atoms with Crippen molar-refractivity contribution in [1.29, 1.82) is 0 Å². The van der Waals surface area contributed by atoms with E-state index in [-0.39, 0.29) is 34.7 Å². The summed E-state index contributed by atoms with van der Waals surface area (Å²) in [5.74, 6) is -5.67. The van der Waals surface area contributed by atoms with E-state index in [0.717, 1.165) is 0 Å². The second kappa shape index (κ2) is 9.37. The predicted molar refractivity (Wildman–Crippen MR) is 113 cm³/mol. The van der Waals surface area contributed by atoms with Crippen molar-refractivity contribution in [2.75, 3.05) is 0 Å². The monoisotopic (exact) mass is 414 g/mol. The Hall–Kier alpha value is -2.76. The van der Waals surface area contributed by atoms with E-state index in [4.69, 9.17) is 0 Å². The van der Waals surface area contributed by atoms with E-state index in [1.807, 2.05) is 0 Å². The van der Waals surface area contributed by atoms with Crippen LogP contribution < -0.4 is 0 Å². The summed E-state index contributed by atoms with van der Waals surface area (Å²) in [5.41, 5.74) is 2.57. The Morgan fingerprint density at radius 1 is 0.400 bits per heavy atom. The molecule has 0 bridgehead atoms. The zero-order chi connectivity index (χ0) is 23.7. The first-order valence-corrected chi connectivity index (χ1v) is 9.82. The molecule has 0 heterocycles. The quantitative estimate of drug-likeness (QED) is 0.574. The fourth-order valence-corrected chi connectivity index (χ4v) is 4.66. The number of carbonyl (C=O) groups is 6. The van der Waals surface area contributed by atoms with Crippen LogP contribution in [0.3, 0.4) is 0 Å². The van der Waals surface area contributed by atoms with Crippen molar-refractivity contribution >= 4 is 34.7 Å². The Labute approximate surface area is 177 Å². The highest BCUT2D eigenvalue weighted by Gasteiger charge is 2.36. The molecule has 0 amide bonds. The molecule has 0 N–H and O–H groups in total. The number of carbonyl (C=O) groups excluding carboxylic acids is 6. The van der Waals surface area contributed by atoms with Crippen molar-refractivity contribution in [3.05, 3.63) is 33.4 Å². The van der Waals surface area contributed by atoms with E-state index in [1.165, 1.54) is 41.5 Å². The summed E-state index contributed by atoms with van der Waals surface area (Å²) in [6.45, 7) is 12.8. The molecule has 6 nitrogen and oxygen atoms in total. The lowest BCUT2D eigenvalue weighted by Gasteiger charge is -2.29. The van der Waals surface area contributed by atoms with Crippen molar-refractivity contribution in [3.63, 3.8) is 0 Å². The smallest absolute Gasteiger partial charge is 0.144 e. The molecule has 0 aromatic heterocycles. The molecule has 0 aliphatic heterocycles. The standard InChI is InChI=1S/C24H30O6/c1-10-19(22(13(4)25)14(5)26)11(2)21(24(17(8)29)18(9)30)12(3)20(10)23(15(6)27)16(7)28/h22-24H,1-9H3. The summed E-state index contributed by atoms with van der Waals surface area (Å²) in [5, 5.41) is 0. The first kappa shape index (κ1) is 25.3. The summed E-state index contributed by atoms with van der Waals surface area (Å²) in [6, 6.07) is 0. The lowest BCUT2D eigenvalue weighted by atomic mass is 9.72. The number of hydrogen-bond donors (Lipinski definition) is 0. The Morgan fingerprint density at radius 2 is 0.533 bits per heavy atom. The van der Waals surface area contributed by atoms with Gasteiger partial charge in [0, 0.05) is 0 Å². The number of Topliss-reactive ketones (excluding diaryl/α,β-unsaturated/α-hetero) is 6. The van der Waals surface area contributed by atoms with Gasteiger partial charge in [-0.2, -0.15) is 0 Å². The molecule has 6 heteroatoms. The van der Waals surface area contributed by atoms with Gasteiger partial charge in [-0.3, -0.25) is 28.8 Å². The molecule has 0 radical (unpaired) electrons. The lowest BCUT2D eigenvalue weighted by molar-refractivity contribution is -0.128. The van der Waals surface area contributed by atoms with Gasteiger partial charge >= 0.3 is 0 Å². The van der Waals surface area contributed by atoms with Crippen LogP contribution in [0.15, 0.2) is 0 Å². The summed E-state index contributed by atoms with van der Waals surface area (Å²) >= 11 is 0. The van der Waals surface area contributed by atoms with Crippen LogP contribution >= 0.6 is 0 Å². The SMILES string of the molecule is CC(=O)C(C(C)=O)c1c(C)c(C(C(C)=O)C(C)=O)c(C)c(C(C(C)=O)C(C)=O)c1C. The van der Waals surface area contributed by atoms with Gasteiger partial charge in [0.1, 0.15) is 52.5 Å².